The summed E-state index contributed by atoms with van der Waals surface area (Å²) in [6.07, 6.45) is 0.163. The van der Waals surface area contributed by atoms with Gasteiger partial charge in [0.2, 0.25) is 0 Å². The Morgan fingerprint density at radius 1 is 1.33 bits per heavy atom. The molecule has 3 rings (SSSR count). The predicted molar refractivity (Wildman–Crippen MR) is 89.4 cm³/mol. The van der Waals surface area contributed by atoms with Crippen molar-refractivity contribution in [2.45, 2.75) is 32.2 Å². The Balaban J connectivity index is 1.73. The van der Waals surface area contributed by atoms with E-state index in [4.69, 9.17) is 0 Å². The van der Waals surface area contributed by atoms with E-state index in [-0.39, 0.29) is 25.5 Å². The molecule has 1 aromatic rings. The Labute approximate surface area is 145 Å². The molecule has 0 aliphatic carbocycles. The van der Waals surface area contributed by atoms with Crippen LogP contribution in [-0.4, -0.2) is 71.9 Å². The summed E-state index contributed by atoms with van der Waals surface area (Å²) in [7, 11) is 3.32. The minimum absolute atomic E-state index is 0.122. The van der Waals surface area contributed by atoms with Crippen LogP contribution in [0.15, 0.2) is 5.38 Å². The second kappa shape index (κ2) is 6.22. The molecule has 24 heavy (non-hydrogen) atoms. The van der Waals surface area contributed by atoms with Crippen LogP contribution in [0.5, 0.6) is 0 Å². The quantitative estimate of drug-likeness (QED) is 0.816. The van der Waals surface area contributed by atoms with Crippen molar-refractivity contribution in [2.75, 3.05) is 40.3 Å². The fourth-order valence-corrected chi connectivity index (χ4v) is 4.38. The monoisotopic (exact) mass is 358 g/mol. The highest BCUT2D eigenvalue weighted by Gasteiger charge is 2.59. The highest BCUT2D eigenvalue weighted by molar-refractivity contribution is 7.09. The van der Waals surface area contributed by atoms with Crippen LogP contribution in [0.1, 0.15) is 23.5 Å². The second-order valence-corrected chi connectivity index (χ2v) is 8.21. The third kappa shape index (κ3) is 3.13. The molecule has 3 heterocycles. The van der Waals surface area contributed by atoms with E-state index in [1.165, 1.54) is 4.90 Å². The summed E-state index contributed by atoms with van der Waals surface area (Å²) in [5.74, 6) is -2.73. The van der Waals surface area contributed by atoms with Gasteiger partial charge in [-0.15, -0.1) is 11.3 Å². The first-order valence-electron chi connectivity index (χ1n) is 8.20. The predicted octanol–water partition coefficient (Wildman–Crippen LogP) is 2.67. The topological polar surface area (TPSA) is 39.7 Å². The Morgan fingerprint density at radius 3 is 2.71 bits per heavy atom. The standard InChI is InChI=1S/C16H24F2N4OS/c1-12-19-13(9-24-12)8-21-6-4-15(10-21)11-22(14(23)20(2)3)7-5-16(15,17)18/h9H,4-8,10-11H2,1-3H3/t15-/m0/s1. The van der Waals surface area contributed by atoms with E-state index in [1.54, 1.807) is 30.3 Å². The number of rotatable bonds is 2. The van der Waals surface area contributed by atoms with Gasteiger partial charge in [-0.05, 0) is 19.9 Å². The van der Waals surface area contributed by atoms with Crippen molar-refractivity contribution >= 4 is 17.4 Å². The molecule has 0 N–H and O–H groups in total. The smallest absolute Gasteiger partial charge is 0.319 e. The van der Waals surface area contributed by atoms with E-state index in [9.17, 15) is 13.6 Å². The van der Waals surface area contributed by atoms with Gasteiger partial charge in [-0.25, -0.2) is 18.6 Å². The lowest BCUT2D eigenvalue weighted by atomic mass is 9.75. The summed E-state index contributed by atoms with van der Waals surface area (Å²) in [6.45, 7) is 3.73. The normalized spacial score (nSPS) is 27.0. The van der Waals surface area contributed by atoms with Crippen LogP contribution < -0.4 is 0 Å². The maximum atomic E-state index is 14.7. The highest BCUT2D eigenvalue weighted by Crippen LogP contribution is 2.49. The molecule has 0 aromatic carbocycles. The average Bonchev–Trinajstić information content (AvgIpc) is 3.09. The number of nitrogens with zero attached hydrogens (tertiary/aromatic N) is 4. The highest BCUT2D eigenvalue weighted by atomic mass is 32.1. The van der Waals surface area contributed by atoms with E-state index >= 15 is 0 Å². The van der Waals surface area contributed by atoms with Crippen molar-refractivity contribution in [1.82, 2.24) is 19.7 Å². The minimum atomic E-state index is -2.73. The van der Waals surface area contributed by atoms with E-state index in [0.717, 1.165) is 10.7 Å². The molecular formula is C16H24F2N4OS. The fraction of sp³-hybridized carbons (Fsp3) is 0.750. The van der Waals surface area contributed by atoms with Gasteiger partial charge in [-0.1, -0.05) is 0 Å². The first-order valence-corrected chi connectivity index (χ1v) is 9.08. The summed E-state index contributed by atoms with van der Waals surface area (Å²) < 4.78 is 29.5. The molecule has 0 unspecified atom stereocenters. The van der Waals surface area contributed by atoms with Crippen LogP contribution >= 0.6 is 11.3 Å². The van der Waals surface area contributed by atoms with Crippen molar-refractivity contribution in [3.05, 3.63) is 16.1 Å². The number of aryl methyl sites for hydroxylation is 1. The van der Waals surface area contributed by atoms with Crippen LogP contribution in [0, 0.1) is 12.3 Å². The zero-order valence-electron chi connectivity index (χ0n) is 14.4. The van der Waals surface area contributed by atoms with Crippen LogP contribution in [0.3, 0.4) is 0 Å². The van der Waals surface area contributed by atoms with E-state index < -0.39 is 11.3 Å². The number of hydrogen-bond acceptors (Lipinski definition) is 4. The molecule has 1 atom stereocenters. The molecule has 2 fully saturated rings. The molecule has 2 saturated heterocycles. The van der Waals surface area contributed by atoms with Crippen molar-refractivity contribution in [3.8, 4) is 0 Å². The summed E-state index contributed by atoms with van der Waals surface area (Å²) in [6, 6.07) is -0.182. The third-order valence-corrected chi connectivity index (χ3v) is 5.93. The first kappa shape index (κ1) is 17.5. The number of carbonyl (C=O) groups excluding carboxylic acids is 1. The number of hydrogen-bond donors (Lipinski definition) is 0. The fourth-order valence-electron chi connectivity index (χ4n) is 3.78. The van der Waals surface area contributed by atoms with Crippen molar-refractivity contribution in [1.29, 1.82) is 0 Å². The first-order chi connectivity index (χ1) is 11.2. The van der Waals surface area contributed by atoms with Gasteiger partial charge in [0.1, 0.15) is 0 Å². The Morgan fingerprint density at radius 2 is 2.08 bits per heavy atom. The van der Waals surface area contributed by atoms with Gasteiger partial charge in [0.25, 0.3) is 5.92 Å². The van der Waals surface area contributed by atoms with Crippen LogP contribution in [0.4, 0.5) is 13.6 Å². The zero-order chi connectivity index (χ0) is 17.5. The molecule has 8 heteroatoms. The lowest BCUT2D eigenvalue weighted by Crippen LogP contribution is -2.59. The number of likely N-dealkylation sites (tertiary alicyclic amines) is 2. The maximum Gasteiger partial charge on any atom is 0.319 e. The number of carbonyl (C=O) groups is 1. The SMILES string of the molecule is Cc1nc(CN2CC[C@]3(C2)CN(C(=O)N(C)C)CCC3(F)F)cs1. The Hall–Kier alpha value is -1.28. The molecule has 0 bridgehead atoms. The van der Waals surface area contributed by atoms with E-state index in [0.29, 0.717) is 26.1 Å². The van der Waals surface area contributed by atoms with Gasteiger partial charge in [-0.2, -0.15) is 0 Å². The summed E-state index contributed by atoms with van der Waals surface area (Å²) >= 11 is 1.58. The van der Waals surface area contributed by atoms with Gasteiger partial charge in [0.15, 0.2) is 0 Å². The molecular weight excluding hydrogens is 334 g/mol. The number of amides is 2. The lowest BCUT2D eigenvalue weighted by molar-refractivity contribution is -0.155. The molecule has 1 aromatic heterocycles. The van der Waals surface area contributed by atoms with E-state index in [1.807, 2.05) is 17.2 Å². The molecule has 0 saturated carbocycles. The summed E-state index contributed by atoms with van der Waals surface area (Å²) in [4.78, 5) is 21.7. The summed E-state index contributed by atoms with van der Waals surface area (Å²) in [5.41, 5.74) is -0.197. The molecule has 134 valence electrons. The molecule has 2 aliphatic rings. The number of aromatic nitrogens is 1. The number of thiazole rings is 1. The third-order valence-electron chi connectivity index (χ3n) is 5.10. The van der Waals surface area contributed by atoms with Crippen LogP contribution in [-0.2, 0) is 6.54 Å². The number of urea groups is 1. The molecule has 5 nitrogen and oxygen atoms in total. The molecule has 1 spiro atoms. The largest absolute Gasteiger partial charge is 0.331 e. The van der Waals surface area contributed by atoms with E-state index in [2.05, 4.69) is 4.98 Å². The van der Waals surface area contributed by atoms with Gasteiger partial charge in [0.05, 0.1) is 16.1 Å². The van der Waals surface area contributed by atoms with Gasteiger partial charge in [0, 0.05) is 52.1 Å². The molecule has 0 radical (unpaired) electrons. The zero-order valence-corrected chi connectivity index (χ0v) is 15.2. The van der Waals surface area contributed by atoms with Crippen LogP contribution in [0.2, 0.25) is 0 Å². The maximum absolute atomic E-state index is 14.7. The number of piperidine rings is 1. The van der Waals surface area contributed by atoms with Crippen LogP contribution in [0.25, 0.3) is 0 Å². The van der Waals surface area contributed by atoms with Gasteiger partial charge < -0.3 is 9.80 Å². The van der Waals surface area contributed by atoms with Crippen molar-refractivity contribution < 1.29 is 13.6 Å². The Bertz CT molecular complexity index is 621. The average molecular weight is 358 g/mol. The minimum Gasteiger partial charge on any atom is -0.331 e. The van der Waals surface area contributed by atoms with Gasteiger partial charge in [-0.3, -0.25) is 4.90 Å². The number of halogens is 2. The molecule has 2 amide bonds. The molecule has 2 aliphatic heterocycles. The number of alkyl halides is 2. The summed E-state index contributed by atoms with van der Waals surface area (Å²) in [5, 5.41) is 2.98. The van der Waals surface area contributed by atoms with Gasteiger partial charge >= 0.3 is 6.03 Å². The second-order valence-electron chi connectivity index (χ2n) is 7.15. The lowest BCUT2D eigenvalue weighted by Gasteiger charge is -2.46. The van der Waals surface area contributed by atoms with Crippen molar-refractivity contribution in [3.63, 3.8) is 0 Å². The van der Waals surface area contributed by atoms with Crippen molar-refractivity contribution in [2.24, 2.45) is 5.41 Å². The Kier molecular flexibility index (Phi) is 4.55.